The molecule has 0 heterocycles. The van der Waals surface area contributed by atoms with Crippen molar-refractivity contribution in [3.05, 3.63) is 89.0 Å². The smallest absolute Gasteiger partial charge is 0.407 e. The van der Waals surface area contributed by atoms with Crippen molar-refractivity contribution >= 4 is 23.7 Å². The molecule has 0 saturated carbocycles. The van der Waals surface area contributed by atoms with E-state index < -0.39 is 18.1 Å². The van der Waals surface area contributed by atoms with Gasteiger partial charge in [0.25, 0.3) is 0 Å². The summed E-state index contributed by atoms with van der Waals surface area (Å²) < 4.78 is 5.59. The molecule has 0 aliphatic heterocycles. The Morgan fingerprint density at radius 1 is 0.971 bits per heavy atom. The van der Waals surface area contributed by atoms with Crippen LogP contribution in [0.15, 0.2) is 66.7 Å². The zero-order valence-electron chi connectivity index (χ0n) is 19.7. The number of rotatable bonds is 8. The van der Waals surface area contributed by atoms with Crippen molar-refractivity contribution in [3.63, 3.8) is 0 Å². The van der Waals surface area contributed by atoms with Gasteiger partial charge in [0.1, 0.15) is 6.61 Å². The topological polar surface area (TPSA) is 105 Å². The average Bonchev–Trinajstić information content (AvgIpc) is 3.16. The van der Waals surface area contributed by atoms with E-state index in [4.69, 9.17) is 9.84 Å². The van der Waals surface area contributed by atoms with E-state index in [1.54, 1.807) is 19.1 Å². The van der Waals surface area contributed by atoms with Crippen LogP contribution in [0.5, 0.6) is 0 Å². The first kappa shape index (κ1) is 24.0. The van der Waals surface area contributed by atoms with E-state index in [2.05, 4.69) is 34.9 Å². The van der Waals surface area contributed by atoms with Gasteiger partial charge in [0.15, 0.2) is 0 Å². The Morgan fingerprint density at radius 3 is 2.17 bits per heavy atom. The number of fused-ring (bicyclic) bond motifs is 3. The van der Waals surface area contributed by atoms with Gasteiger partial charge in [-0.1, -0.05) is 55.5 Å². The van der Waals surface area contributed by atoms with Crippen LogP contribution in [0.25, 0.3) is 11.1 Å². The zero-order valence-corrected chi connectivity index (χ0v) is 19.7. The number of aryl methyl sites for hydroxylation is 1. The number of alkyl carbamates (subject to hydrolysis) is 1. The number of aromatic carboxylic acids is 1. The molecule has 180 valence electrons. The summed E-state index contributed by atoms with van der Waals surface area (Å²) >= 11 is 0. The summed E-state index contributed by atoms with van der Waals surface area (Å²) in [7, 11) is 0. The number of carbonyl (C=O) groups is 3. The largest absolute Gasteiger partial charge is 0.478 e. The molecule has 0 spiro atoms. The summed E-state index contributed by atoms with van der Waals surface area (Å²) in [6, 6.07) is 20.5. The number of carboxylic acid groups (broad SMARTS) is 1. The third kappa shape index (κ3) is 5.35. The highest BCUT2D eigenvalue weighted by Gasteiger charge is 2.29. The van der Waals surface area contributed by atoms with Crippen molar-refractivity contribution in [3.8, 4) is 11.1 Å². The zero-order chi connectivity index (χ0) is 24.9. The van der Waals surface area contributed by atoms with Crippen molar-refractivity contribution in [2.75, 3.05) is 11.9 Å². The molecule has 2 amide bonds. The van der Waals surface area contributed by atoms with Gasteiger partial charge in [-0.3, -0.25) is 4.79 Å². The number of nitrogens with one attached hydrogen (secondary N) is 2. The van der Waals surface area contributed by atoms with Crippen LogP contribution in [0, 0.1) is 6.92 Å². The molecule has 1 atom stereocenters. The lowest BCUT2D eigenvalue weighted by molar-refractivity contribution is -0.116. The minimum Gasteiger partial charge on any atom is -0.478 e. The maximum Gasteiger partial charge on any atom is 0.407 e. The SMILES string of the molecule is CC[C@H](CC(=O)Nc1ccc(C(=O)O)c(C)c1)NC(=O)OCC1c2ccccc2-c2ccccc21. The summed E-state index contributed by atoms with van der Waals surface area (Å²) in [4.78, 5) is 36.2. The predicted molar refractivity (Wildman–Crippen MR) is 134 cm³/mol. The first-order valence-corrected chi connectivity index (χ1v) is 11.6. The van der Waals surface area contributed by atoms with E-state index in [0.717, 1.165) is 22.3 Å². The summed E-state index contributed by atoms with van der Waals surface area (Å²) in [6.07, 6.45) is 0.0582. The molecule has 0 bridgehead atoms. The molecule has 35 heavy (non-hydrogen) atoms. The number of anilines is 1. The monoisotopic (exact) mass is 472 g/mol. The van der Waals surface area contributed by atoms with Gasteiger partial charge in [0, 0.05) is 24.1 Å². The fourth-order valence-corrected chi connectivity index (χ4v) is 4.52. The quantitative estimate of drug-likeness (QED) is 0.411. The number of amides is 2. The molecule has 0 aromatic heterocycles. The summed E-state index contributed by atoms with van der Waals surface area (Å²) in [6.45, 7) is 3.76. The second-order valence-corrected chi connectivity index (χ2v) is 8.66. The average molecular weight is 473 g/mol. The van der Waals surface area contributed by atoms with Crippen LogP contribution in [0.1, 0.15) is 52.7 Å². The van der Waals surface area contributed by atoms with Crippen LogP contribution < -0.4 is 10.6 Å². The van der Waals surface area contributed by atoms with Gasteiger partial charge in [-0.2, -0.15) is 0 Å². The maximum atomic E-state index is 12.6. The van der Waals surface area contributed by atoms with Crippen molar-refractivity contribution in [1.29, 1.82) is 0 Å². The van der Waals surface area contributed by atoms with E-state index in [1.807, 2.05) is 31.2 Å². The highest BCUT2D eigenvalue weighted by molar-refractivity contribution is 5.94. The summed E-state index contributed by atoms with van der Waals surface area (Å²) in [5.74, 6) is -1.33. The highest BCUT2D eigenvalue weighted by atomic mass is 16.5. The van der Waals surface area contributed by atoms with Gasteiger partial charge in [0.05, 0.1) is 5.56 Å². The van der Waals surface area contributed by atoms with E-state index in [1.165, 1.54) is 6.07 Å². The lowest BCUT2D eigenvalue weighted by Crippen LogP contribution is -2.38. The van der Waals surface area contributed by atoms with Crippen LogP contribution in [-0.4, -0.2) is 35.7 Å². The third-order valence-electron chi connectivity index (χ3n) is 6.33. The van der Waals surface area contributed by atoms with Gasteiger partial charge >= 0.3 is 12.1 Å². The molecule has 3 N–H and O–H groups in total. The Kier molecular flexibility index (Phi) is 7.15. The van der Waals surface area contributed by atoms with Gasteiger partial charge < -0.3 is 20.5 Å². The molecule has 3 aromatic carbocycles. The number of carbonyl (C=O) groups excluding carboxylic acids is 2. The molecule has 0 radical (unpaired) electrons. The first-order valence-electron chi connectivity index (χ1n) is 11.6. The van der Waals surface area contributed by atoms with Crippen LogP contribution in [0.2, 0.25) is 0 Å². The van der Waals surface area contributed by atoms with Gasteiger partial charge in [-0.25, -0.2) is 9.59 Å². The Hall–Kier alpha value is -4.13. The molecule has 3 aromatic rings. The van der Waals surface area contributed by atoms with E-state index in [-0.39, 0.29) is 30.4 Å². The number of ether oxygens (including phenoxy) is 1. The molecular formula is C28H28N2O5. The number of carboxylic acids is 1. The highest BCUT2D eigenvalue weighted by Crippen LogP contribution is 2.44. The Balaban J connectivity index is 1.33. The lowest BCUT2D eigenvalue weighted by atomic mass is 9.98. The van der Waals surface area contributed by atoms with Crippen LogP contribution >= 0.6 is 0 Å². The van der Waals surface area contributed by atoms with Crippen molar-refractivity contribution < 1.29 is 24.2 Å². The Bertz CT molecular complexity index is 1220. The van der Waals surface area contributed by atoms with Gasteiger partial charge in [0.2, 0.25) is 5.91 Å². The standard InChI is InChI=1S/C28H28N2O5/c1-3-18(15-26(31)29-19-12-13-20(27(32)33)17(2)14-19)30-28(34)35-16-25-23-10-6-4-8-21(23)22-9-5-7-11-24(22)25/h4-14,18,25H,3,15-16H2,1-2H3,(H,29,31)(H,30,34)(H,32,33)/t18-/m1/s1. The van der Waals surface area contributed by atoms with Crippen molar-refractivity contribution in [2.45, 2.75) is 38.6 Å². The molecule has 0 unspecified atom stereocenters. The van der Waals surface area contributed by atoms with Crippen molar-refractivity contribution in [1.82, 2.24) is 5.32 Å². The molecule has 4 rings (SSSR count). The first-order chi connectivity index (χ1) is 16.9. The van der Waals surface area contributed by atoms with Crippen LogP contribution in [-0.2, 0) is 9.53 Å². The molecule has 7 nitrogen and oxygen atoms in total. The summed E-state index contributed by atoms with van der Waals surface area (Å²) in [5, 5.41) is 14.7. The van der Waals surface area contributed by atoms with Crippen molar-refractivity contribution in [2.24, 2.45) is 0 Å². The summed E-state index contributed by atoms with van der Waals surface area (Å²) in [5.41, 5.74) is 5.84. The maximum absolute atomic E-state index is 12.6. The van der Waals surface area contributed by atoms with E-state index in [0.29, 0.717) is 17.7 Å². The molecule has 0 saturated heterocycles. The Labute approximate surface area is 204 Å². The number of hydrogen-bond donors (Lipinski definition) is 3. The second-order valence-electron chi connectivity index (χ2n) is 8.66. The van der Waals surface area contributed by atoms with E-state index >= 15 is 0 Å². The van der Waals surface area contributed by atoms with Crippen LogP contribution in [0.3, 0.4) is 0 Å². The molecule has 1 aliphatic rings. The predicted octanol–water partition coefficient (Wildman–Crippen LogP) is 5.34. The third-order valence-corrected chi connectivity index (χ3v) is 6.33. The fourth-order valence-electron chi connectivity index (χ4n) is 4.52. The lowest BCUT2D eigenvalue weighted by Gasteiger charge is -2.19. The van der Waals surface area contributed by atoms with Crippen LogP contribution in [0.4, 0.5) is 10.5 Å². The fraction of sp³-hybridized carbons (Fsp3) is 0.250. The normalized spacial score (nSPS) is 12.9. The molecular weight excluding hydrogens is 444 g/mol. The Morgan fingerprint density at radius 2 is 1.60 bits per heavy atom. The van der Waals surface area contributed by atoms with E-state index in [9.17, 15) is 14.4 Å². The number of hydrogen-bond acceptors (Lipinski definition) is 4. The second kappa shape index (κ2) is 10.4. The minimum absolute atomic E-state index is 0.0338. The minimum atomic E-state index is -1.02. The number of benzene rings is 3. The van der Waals surface area contributed by atoms with Gasteiger partial charge in [-0.15, -0.1) is 0 Å². The molecule has 0 fully saturated rings. The molecule has 7 heteroatoms. The molecule has 1 aliphatic carbocycles. The van der Waals surface area contributed by atoms with Gasteiger partial charge in [-0.05, 0) is 59.4 Å².